The van der Waals surface area contributed by atoms with Crippen LogP contribution in [0.3, 0.4) is 0 Å². The number of halogens is 1. The van der Waals surface area contributed by atoms with Gasteiger partial charge in [0.1, 0.15) is 5.82 Å². The lowest BCUT2D eigenvalue weighted by Crippen LogP contribution is -2.25. The van der Waals surface area contributed by atoms with Gasteiger partial charge in [-0.05, 0) is 36.5 Å². The first-order chi connectivity index (χ1) is 9.85. The summed E-state index contributed by atoms with van der Waals surface area (Å²) in [6.07, 6.45) is 1.38. The highest BCUT2D eigenvalue weighted by Gasteiger charge is 2.34. The summed E-state index contributed by atoms with van der Waals surface area (Å²) in [5.74, 6) is -0.732. The lowest BCUT2D eigenvalue weighted by molar-refractivity contribution is -0.116. The van der Waals surface area contributed by atoms with Gasteiger partial charge in [0, 0.05) is 23.7 Å². The van der Waals surface area contributed by atoms with Gasteiger partial charge in [-0.15, -0.1) is 0 Å². The van der Waals surface area contributed by atoms with E-state index in [4.69, 9.17) is 5.73 Å². The monoisotopic (exact) mass is 312 g/mol. The van der Waals surface area contributed by atoms with Crippen LogP contribution in [0.1, 0.15) is 30.0 Å². The first-order valence-corrected chi connectivity index (χ1v) is 8.76. The van der Waals surface area contributed by atoms with Crippen LogP contribution < -0.4 is 11.1 Å². The zero-order valence-corrected chi connectivity index (χ0v) is 12.2. The van der Waals surface area contributed by atoms with Gasteiger partial charge in [-0.25, -0.2) is 12.8 Å². The second-order valence-corrected chi connectivity index (χ2v) is 8.00. The Labute approximate surface area is 122 Å². The number of nitrogens with one attached hydrogen (secondary N) is 1. The lowest BCUT2D eigenvalue weighted by atomic mass is 9.90. The van der Waals surface area contributed by atoms with Crippen molar-refractivity contribution >= 4 is 21.4 Å². The largest absolute Gasteiger partial charge is 0.326 e. The first-order valence-electron chi connectivity index (χ1n) is 6.94. The molecule has 114 valence electrons. The molecule has 0 spiro atoms. The van der Waals surface area contributed by atoms with Crippen LogP contribution in [0.4, 0.5) is 10.1 Å². The number of carbonyl (C=O) groups is 1. The van der Waals surface area contributed by atoms with Gasteiger partial charge < -0.3 is 11.1 Å². The second-order valence-electron chi connectivity index (χ2n) is 5.77. The van der Waals surface area contributed by atoms with E-state index < -0.39 is 21.7 Å². The van der Waals surface area contributed by atoms with Crippen LogP contribution in [0.15, 0.2) is 12.1 Å². The van der Waals surface area contributed by atoms with Crippen LogP contribution in [-0.4, -0.2) is 25.8 Å². The van der Waals surface area contributed by atoms with Crippen molar-refractivity contribution in [2.24, 2.45) is 11.7 Å². The molecule has 1 aromatic rings. The zero-order valence-electron chi connectivity index (χ0n) is 11.4. The molecule has 1 amide bonds. The smallest absolute Gasteiger partial charge is 0.224 e. The van der Waals surface area contributed by atoms with Gasteiger partial charge in [0.15, 0.2) is 9.84 Å². The molecule has 1 saturated heterocycles. The van der Waals surface area contributed by atoms with Crippen molar-refractivity contribution in [2.45, 2.75) is 25.3 Å². The predicted octanol–water partition coefficient (Wildman–Crippen LogP) is 1.14. The topological polar surface area (TPSA) is 89.3 Å². The Balaban J connectivity index is 1.90. The molecular formula is C14H17FN2O3S. The van der Waals surface area contributed by atoms with Gasteiger partial charge >= 0.3 is 0 Å². The van der Waals surface area contributed by atoms with Gasteiger partial charge in [-0.1, -0.05) is 0 Å². The number of anilines is 1. The highest BCUT2D eigenvalue weighted by Crippen LogP contribution is 2.34. The summed E-state index contributed by atoms with van der Waals surface area (Å²) in [5, 5.41) is 2.63. The van der Waals surface area contributed by atoms with Crippen LogP contribution in [0.25, 0.3) is 0 Å². The summed E-state index contributed by atoms with van der Waals surface area (Å²) in [5.41, 5.74) is 7.76. The minimum Gasteiger partial charge on any atom is -0.326 e. The predicted molar refractivity (Wildman–Crippen MR) is 77.0 cm³/mol. The number of carbonyl (C=O) groups excluding carboxylic acids is 1. The highest BCUT2D eigenvalue weighted by atomic mass is 32.2. The number of sulfone groups is 1. The number of hydrogen-bond donors (Lipinski definition) is 2. The van der Waals surface area contributed by atoms with Crippen LogP contribution in [0, 0.1) is 11.7 Å². The van der Waals surface area contributed by atoms with E-state index in [9.17, 15) is 17.6 Å². The Morgan fingerprint density at radius 2 is 2.10 bits per heavy atom. The third-order valence-corrected chi connectivity index (χ3v) is 6.05. The fraction of sp³-hybridized carbons (Fsp3) is 0.500. The number of nitrogens with two attached hydrogens (primary N) is 1. The van der Waals surface area contributed by atoms with Gasteiger partial charge in [-0.2, -0.15) is 0 Å². The van der Waals surface area contributed by atoms with Gasteiger partial charge in [0.25, 0.3) is 0 Å². The van der Waals surface area contributed by atoms with Gasteiger partial charge in [0.2, 0.25) is 5.91 Å². The first kappa shape index (κ1) is 14.5. The number of fused-ring (bicyclic) bond motifs is 1. The van der Waals surface area contributed by atoms with Crippen molar-refractivity contribution < 1.29 is 17.6 Å². The van der Waals surface area contributed by atoms with Crippen molar-refractivity contribution in [3.8, 4) is 0 Å². The Morgan fingerprint density at radius 3 is 2.76 bits per heavy atom. The molecule has 2 aliphatic heterocycles. The Bertz CT molecular complexity index is 702. The molecule has 0 bridgehead atoms. The van der Waals surface area contributed by atoms with Crippen LogP contribution >= 0.6 is 0 Å². The van der Waals surface area contributed by atoms with E-state index in [1.54, 1.807) is 6.07 Å². The van der Waals surface area contributed by atoms with Crippen molar-refractivity contribution in [3.63, 3.8) is 0 Å². The van der Waals surface area contributed by atoms with Crippen LogP contribution in [-0.2, 0) is 21.1 Å². The summed E-state index contributed by atoms with van der Waals surface area (Å²) in [6, 6.07) is 2.32. The maximum Gasteiger partial charge on any atom is 0.224 e. The molecular weight excluding hydrogens is 295 g/mol. The van der Waals surface area contributed by atoms with Crippen molar-refractivity contribution in [2.75, 3.05) is 16.8 Å². The van der Waals surface area contributed by atoms with Crippen molar-refractivity contribution in [1.82, 2.24) is 0 Å². The van der Waals surface area contributed by atoms with Gasteiger partial charge in [0.05, 0.1) is 11.5 Å². The third-order valence-electron chi connectivity index (χ3n) is 4.25. The molecule has 2 heterocycles. The average Bonchev–Trinajstić information content (AvgIpc) is 2.77. The molecule has 7 heteroatoms. The number of benzene rings is 1. The standard InChI is InChI=1S/C14H17FN2O3S/c15-11-6-12-8(1-2-13(18)17-12)5-10(11)14(16)9-3-4-21(19,20)7-9/h5-6,9,14H,1-4,7,16H2,(H,17,18). The minimum absolute atomic E-state index is 0.0153. The molecule has 3 N–H and O–H groups in total. The average molecular weight is 312 g/mol. The molecule has 0 aliphatic carbocycles. The molecule has 5 nitrogen and oxygen atoms in total. The Morgan fingerprint density at radius 1 is 1.33 bits per heavy atom. The van der Waals surface area contributed by atoms with E-state index in [0.717, 1.165) is 5.56 Å². The van der Waals surface area contributed by atoms with Crippen molar-refractivity contribution in [3.05, 3.63) is 29.1 Å². The SMILES string of the molecule is NC(c1cc2c(cc1F)NC(=O)CC2)C1CCS(=O)(=O)C1. The maximum absolute atomic E-state index is 14.2. The second kappa shape index (κ2) is 5.06. The molecule has 21 heavy (non-hydrogen) atoms. The summed E-state index contributed by atoms with van der Waals surface area (Å²) in [7, 11) is -3.05. The summed E-state index contributed by atoms with van der Waals surface area (Å²) < 4.78 is 37.3. The van der Waals surface area contributed by atoms with E-state index in [1.165, 1.54) is 6.07 Å². The summed E-state index contributed by atoms with van der Waals surface area (Å²) in [4.78, 5) is 11.3. The van der Waals surface area contributed by atoms with E-state index in [0.29, 0.717) is 30.5 Å². The third kappa shape index (κ3) is 2.80. The summed E-state index contributed by atoms with van der Waals surface area (Å²) in [6.45, 7) is 0. The molecule has 1 fully saturated rings. The van der Waals surface area contributed by atoms with E-state index >= 15 is 0 Å². The number of rotatable bonds is 2. The summed E-state index contributed by atoms with van der Waals surface area (Å²) >= 11 is 0. The quantitative estimate of drug-likeness (QED) is 0.857. The molecule has 2 atom stereocenters. The number of amides is 1. The Kier molecular flexibility index (Phi) is 3.49. The fourth-order valence-corrected chi connectivity index (χ4v) is 4.89. The van der Waals surface area contributed by atoms with E-state index in [-0.39, 0.29) is 23.3 Å². The Hall–Kier alpha value is -1.47. The normalized spacial score (nSPS) is 25.2. The molecule has 1 aromatic carbocycles. The maximum atomic E-state index is 14.2. The zero-order chi connectivity index (χ0) is 15.2. The molecule has 2 aliphatic rings. The highest BCUT2D eigenvalue weighted by molar-refractivity contribution is 7.91. The molecule has 0 saturated carbocycles. The molecule has 3 rings (SSSR count). The minimum atomic E-state index is -3.05. The fourth-order valence-electron chi connectivity index (χ4n) is 3.04. The van der Waals surface area contributed by atoms with Crippen LogP contribution in [0.5, 0.6) is 0 Å². The number of hydrogen-bond acceptors (Lipinski definition) is 4. The number of aryl methyl sites for hydroxylation is 1. The molecule has 0 aromatic heterocycles. The van der Waals surface area contributed by atoms with E-state index in [2.05, 4.69) is 5.32 Å². The molecule has 0 radical (unpaired) electrons. The van der Waals surface area contributed by atoms with Crippen LogP contribution in [0.2, 0.25) is 0 Å². The molecule has 2 unspecified atom stereocenters. The van der Waals surface area contributed by atoms with E-state index in [1.807, 2.05) is 0 Å². The lowest BCUT2D eigenvalue weighted by Gasteiger charge is -2.23. The van der Waals surface area contributed by atoms with Gasteiger partial charge in [-0.3, -0.25) is 4.79 Å². The van der Waals surface area contributed by atoms with Crippen molar-refractivity contribution in [1.29, 1.82) is 0 Å².